The Labute approximate surface area is 146 Å². The van der Waals surface area contributed by atoms with Gasteiger partial charge in [-0.15, -0.1) is 0 Å². The van der Waals surface area contributed by atoms with Gasteiger partial charge in [0.1, 0.15) is 23.8 Å². The van der Waals surface area contributed by atoms with Gasteiger partial charge in [0.25, 0.3) is 5.91 Å². The molecule has 7 heteroatoms. The minimum Gasteiger partial charge on any atom is -0.490 e. The van der Waals surface area contributed by atoms with E-state index in [-0.39, 0.29) is 18.3 Å². The molecule has 1 atom stereocenters. The van der Waals surface area contributed by atoms with Gasteiger partial charge in [-0.2, -0.15) is 5.10 Å². The standard InChI is InChI=1S/C18H22FN3O3/c1-21-11-14(10-20-21)17(23)22-8-4-7-18(12-22,24-2)13-25-16-6-3-5-15(19)9-16/h3,5-6,9-11H,4,7-8,12-13H2,1-2H3/t18-/m1/s1. The van der Waals surface area contributed by atoms with Gasteiger partial charge in [0.05, 0.1) is 18.3 Å². The van der Waals surface area contributed by atoms with Gasteiger partial charge < -0.3 is 14.4 Å². The van der Waals surface area contributed by atoms with E-state index in [1.165, 1.54) is 12.1 Å². The van der Waals surface area contributed by atoms with E-state index in [0.29, 0.717) is 24.4 Å². The summed E-state index contributed by atoms with van der Waals surface area (Å²) in [6.45, 7) is 1.34. The Hall–Kier alpha value is -2.41. The summed E-state index contributed by atoms with van der Waals surface area (Å²) in [6.07, 6.45) is 4.85. The molecule has 2 aromatic rings. The summed E-state index contributed by atoms with van der Waals surface area (Å²) in [5.41, 5.74) is -0.0527. The van der Waals surface area contributed by atoms with E-state index in [2.05, 4.69) is 5.10 Å². The summed E-state index contributed by atoms with van der Waals surface area (Å²) in [5, 5.41) is 4.05. The topological polar surface area (TPSA) is 56.6 Å². The molecular weight excluding hydrogens is 325 g/mol. The van der Waals surface area contributed by atoms with Crippen LogP contribution in [0.2, 0.25) is 0 Å². The summed E-state index contributed by atoms with van der Waals surface area (Å²) < 4.78 is 26.4. The van der Waals surface area contributed by atoms with Crippen LogP contribution in [0.25, 0.3) is 0 Å². The second-order valence-electron chi connectivity index (χ2n) is 6.37. The molecular formula is C18H22FN3O3. The van der Waals surface area contributed by atoms with Crippen molar-refractivity contribution in [3.8, 4) is 5.75 Å². The third-order valence-electron chi connectivity index (χ3n) is 4.51. The molecule has 1 aliphatic heterocycles. The van der Waals surface area contributed by atoms with E-state index < -0.39 is 5.60 Å². The molecule has 134 valence electrons. The van der Waals surface area contributed by atoms with Crippen LogP contribution in [0.15, 0.2) is 36.7 Å². The average Bonchev–Trinajstić information content (AvgIpc) is 3.06. The van der Waals surface area contributed by atoms with Gasteiger partial charge >= 0.3 is 0 Å². The zero-order valence-electron chi connectivity index (χ0n) is 14.4. The Morgan fingerprint density at radius 3 is 2.96 bits per heavy atom. The highest BCUT2D eigenvalue weighted by molar-refractivity contribution is 5.93. The lowest BCUT2D eigenvalue weighted by atomic mass is 9.93. The second-order valence-corrected chi connectivity index (χ2v) is 6.37. The highest BCUT2D eigenvalue weighted by Crippen LogP contribution is 2.27. The minimum atomic E-state index is -0.609. The second kappa shape index (κ2) is 7.23. The van der Waals surface area contributed by atoms with E-state index >= 15 is 0 Å². The lowest BCUT2D eigenvalue weighted by Crippen LogP contribution is -2.54. The highest BCUT2D eigenvalue weighted by Gasteiger charge is 2.38. The molecule has 3 rings (SSSR count). The Morgan fingerprint density at radius 1 is 1.44 bits per heavy atom. The molecule has 0 spiro atoms. The van der Waals surface area contributed by atoms with E-state index in [0.717, 1.165) is 12.8 Å². The quantitative estimate of drug-likeness (QED) is 0.833. The van der Waals surface area contributed by atoms with Crippen LogP contribution in [0.1, 0.15) is 23.2 Å². The number of hydrogen-bond acceptors (Lipinski definition) is 4. The third kappa shape index (κ3) is 3.99. The molecule has 0 N–H and O–H groups in total. The molecule has 1 aliphatic rings. The lowest BCUT2D eigenvalue weighted by Gasteiger charge is -2.41. The summed E-state index contributed by atoms with van der Waals surface area (Å²) in [7, 11) is 3.40. The molecule has 25 heavy (non-hydrogen) atoms. The molecule has 0 bridgehead atoms. The minimum absolute atomic E-state index is 0.0695. The number of nitrogens with zero attached hydrogens (tertiary/aromatic N) is 3. The van der Waals surface area contributed by atoms with Crippen LogP contribution >= 0.6 is 0 Å². The van der Waals surface area contributed by atoms with Gasteiger partial charge in [-0.05, 0) is 25.0 Å². The van der Waals surface area contributed by atoms with Crippen LogP contribution in [-0.2, 0) is 11.8 Å². The first-order valence-corrected chi connectivity index (χ1v) is 8.23. The maximum absolute atomic E-state index is 13.3. The molecule has 1 amide bonds. The Kier molecular flexibility index (Phi) is 5.03. The van der Waals surface area contributed by atoms with Crippen molar-refractivity contribution >= 4 is 5.91 Å². The van der Waals surface area contributed by atoms with Crippen LogP contribution in [0.3, 0.4) is 0 Å². The molecule has 6 nitrogen and oxygen atoms in total. The van der Waals surface area contributed by atoms with Crippen molar-refractivity contribution in [1.82, 2.24) is 14.7 Å². The van der Waals surface area contributed by atoms with Crippen molar-refractivity contribution in [1.29, 1.82) is 0 Å². The van der Waals surface area contributed by atoms with E-state index in [1.54, 1.807) is 48.3 Å². The lowest BCUT2D eigenvalue weighted by molar-refractivity contribution is -0.0825. The summed E-state index contributed by atoms with van der Waals surface area (Å²) >= 11 is 0. The van der Waals surface area contributed by atoms with Crippen LogP contribution in [0.4, 0.5) is 4.39 Å². The van der Waals surface area contributed by atoms with Crippen molar-refractivity contribution in [2.24, 2.45) is 7.05 Å². The first kappa shape index (κ1) is 17.4. The monoisotopic (exact) mass is 347 g/mol. The van der Waals surface area contributed by atoms with Crippen LogP contribution in [-0.4, -0.2) is 53.0 Å². The first-order chi connectivity index (χ1) is 12.0. The largest absolute Gasteiger partial charge is 0.490 e. The number of benzene rings is 1. The van der Waals surface area contributed by atoms with E-state index in [4.69, 9.17) is 9.47 Å². The molecule has 1 fully saturated rings. The molecule has 1 aromatic heterocycles. The number of methoxy groups -OCH3 is 1. The number of rotatable bonds is 5. The maximum Gasteiger partial charge on any atom is 0.257 e. The number of hydrogen-bond donors (Lipinski definition) is 0. The van der Waals surface area contributed by atoms with Gasteiger partial charge in [0.15, 0.2) is 0 Å². The summed E-state index contributed by atoms with van der Waals surface area (Å²) in [4.78, 5) is 14.4. The molecule has 2 heterocycles. The van der Waals surface area contributed by atoms with Gasteiger partial charge in [0.2, 0.25) is 0 Å². The highest BCUT2D eigenvalue weighted by atomic mass is 19.1. The van der Waals surface area contributed by atoms with Crippen molar-refractivity contribution in [3.63, 3.8) is 0 Å². The maximum atomic E-state index is 13.3. The molecule has 0 radical (unpaired) electrons. The normalized spacial score (nSPS) is 20.5. The van der Waals surface area contributed by atoms with Gasteiger partial charge in [-0.25, -0.2) is 4.39 Å². The van der Waals surface area contributed by atoms with Gasteiger partial charge in [-0.3, -0.25) is 9.48 Å². The SMILES string of the molecule is CO[C@]1(COc2cccc(F)c2)CCCN(C(=O)c2cnn(C)c2)C1. The molecule has 0 saturated carbocycles. The fourth-order valence-electron chi connectivity index (χ4n) is 3.10. The fraction of sp³-hybridized carbons (Fsp3) is 0.444. The number of carbonyl (C=O) groups excluding carboxylic acids is 1. The molecule has 0 unspecified atom stereocenters. The molecule has 1 saturated heterocycles. The zero-order valence-corrected chi connectivity index (χ0v) is 14.4. The summed E-state index contributed by atoms with van der Waals surface area (Å²) in [5.74, 6) is 0.0353. The van der Waals surface area contributed by atoms with Crippen LogP contribution in [0, 0.1) is 5.82 Å². The van der Waals surface area contributed by atoms with Crippen LogP contribution < -0.4 is 4.74 Å². The number of aryl methyl sites for hydroxylation is 1. The Morgan fingerprint density at radius 2 is 2.28 bits per heavy atom. The number of carbonyl (C=O) groups is 1. The predicted molar refractivity (Wildman–Crippen MR) is 90.0 cm³/mol. The molecule has 0 aliphatic carbocycles. The number of amides is 1. The van der Waals surface area contributed by atoms with Crippen molar-refractivity contribution < 1.29 is 18.7 Å². The first-order valence-electron chi connectivity index (χ1n) is 8.23. The zero-order chi connectivity index (χ0) is 17.9. The number of likely N-dealkylation sites (tertiary alicyclic amines) is 1. The Balaban J connectivity index is 1.69. The fourth-order valence-corrected chi connectivity index (χ4v) is 3.10. The van der Waals surface area contributed by atoms with E-state index in [9.17, 15) is 9.18 Å². The molecule has 1 aromatic carbocycles. The predicted octanol–water partition coefficient (Wildman–Crippen LogP) is 2.26. The van der Waals surface area contributed by atoms with Gasteiger partial charge in [0, 0.05) is 33.0 Å². The van der Waals surface area contributed by atoms with Gasteiger partial charge in [-0.1, -0.05) is 6.07 Å². The number of halogens is 1. The van der Waals surface area contributed by atoms with Crippen molar-refractivity contribution in [2.45, 2.75) is 18.4 Å². The summed E-state index contributed by atoms with van der Waals surface area (Å²) in [6, 6.07) is 6.01. The number of ether oxygens (including phenoxy) is 2. The number of aromatic nitrogens is 2. The third-order valence-corrected chi connectivity index (χ3v) is 4.51. The van der Waals surface area contributed by atoms with Crippen molar-refractivity contribution in [3.05, 3.63) is 48.0 Å². The van der Waals surface area contributed by atoms with Crippen LogP contribution in [0.5, 0.6) is 5.75 Å². The van der Waals surface area contributed by atoms with Crippen molar-refractivity contribution in [2.75, 3.05) is 26.8 Å². The smallest absolute Gasteiger partial charge is 0.257 e. The Bertz CT molecular complexity index is 749. The van der Waals surface area contributed by atoms with E-state index in [1.807, 2.05) is 0 Å². The number of piperidine rings is 1. The average molecular weight is 347 g/mol.